The Kier molecular flexibility index (Phi) is 9.19. The average molecular weight is 782 g/mol. The summed E-state index contributed by atoms with van der Waals surface area (Å²) in [6, 6.07) is 12.7. The molecule has 56 heavy (non-hydrogen) atoms. The molecule has 0 bridgehead atoms. The lowest BCUT2D eigenvalue weighted by atomic mass is 9.99. The van der Waals surface area contributed by atoms with Crippen LogP contribution in [0.2, 0.25) is 5.02 Å². The van der Waals surface area contributed by atoms with E-state index in [0.717, 1.165) is 10.5 Å². The van der Waals surface area contributed by atoms with Crippen LogP contribution in [0.25, 0.3) is 22.0 Å². The number of nitrogens with zero attached hydrogens (tertiary/aromatic N) is 4. The van der Waals surface area contributed by atoms with Gasteiger partial charge in [-0.1, -0.05) is 35.9 Å². The van der Waals surface area contributed by atoms with E-state index in [1.807, 2.05) is 0 Å². The Labute approximate surface area is 321 Å². The van der Waals surface area contributed by atoms with Crippen LogP contribution in [0.1, 0.15) is 68.6 Å². The maximum Gasteiger partial charge on any atom is 0.289 e. The van der Waals surface area contributed by atoms with E-state index in [-0.39, 0.29) is 45.9 Å². The molecular formula is C40H31ClF3N7O5. The summed E-state index contributed by atoms with van der Waals surface area (Å²) in [5.74, 6) is -3.44. The van der Waals surface area contributed by atoms with Gasteiger partial charge in [-0.15, -0.1) is 0 Å². The second kappa shape index (κ2) is 14.1. The maximum absolute atomic E-state index is 16.0. The fraction of sp³-hybridized carbons (Fsp3) is 0.225. The number of Topliss-reactive ketones (excluding diaryl/α,β-unsaturated/α-hetero) is 1. The summed E-state index contributed by atoms with van der Waals surface area (Å²) in [5, 5.41) is 8.83. The molecule has 5 aromatic rings. The number of hydrogen-bond donors (Lipinski definition) is 3. The molecule has 16 heteroatoms. The molecule has 2 aliphatic heterocycles. The highest BCUT2D eigenvalue weighted by Crippen LogP contribution is 2.47. The number of likely N-dealkylation sites (tertiary alicyclic amines) is 1. The Morgan fingerprint density at radius 1 is 1.00 bits per heavy atom. The van der Waals surface area contributed by atoms with Crippen LogP contribution in [-0.4, -0.2) is 61.4 Å². The smallest absolute Gasteiger partial charge is 0.289 e. The van der Waals surface area contributed by atoms with Gasteiger partial charge in [-0.25, -0.2) is 14.4 Å². The standard InChI is InChI=1S/C40H31ClF3N7O5/c1-20(52)28-18-50(30-9-6-22(15-26(28)30)40(10-11-40)49-39(56)36-45-12-3-13-46-36)19-32(53)51-17-21(35(43)44)14-31(51)38(55)48-29-5-2-4-24(34(29)42)23-7-8-25-27(33(23)41)16-47-37(25)54/h2-9,12-13,15,18,31H,10-11,14,16-17,19H2,1H3,(H,47,54)(H,48,55)(H,49,56)/t31-/m0/s1. The minimum atomic E-state index is -2.02. The van der Waals surface area contributed by atoms with Gasteiger partial charge in [-0.05, 0) is 55.7 Å². The SMILES string of the molecule is CC(=O)c1cn(CC(=O)N2CC(=C(F)F)C[C@H]2C(=O)Nc2cccc(-c3ccc4c(c3Cl)CNC4=O)c2F)c2ccc(C3(NC(=O)c4ncccn4)CC3)cc12. The fourth-order valence-electron chi connectivity index (χ4n) is 7.43. The van der Waals surface area contributed by atoms with Crippen molar-refractivity contribution in [2.75, 3.05) is 11.9 Å². The molecule has 2 aromatic heterocycles. The van der Waals surface area contributed by atoms with E-state index in [9.17, 15) is 32.8 Å². The summed E-state index contributed by atoms with van der Waals surface area (Å²) in [5.41, 5.74) is 1.38. The van der Waals surface area contributed by atoms with Gasteiger partial charge in [0.2, 0.25) is 17.6 Å². The van der Waals surface area contributed by atoms with Gasteiger partial charge in [0.25, 0.3) is 17.9 Å². The Hall–Kier alpha value is -6.35. The number of fused-ring (bicyclic) bond motifs is 2. The van der Waals surface area contributed by atoms with Gasteiger partial charge in [0.15, 0.2) is 11.6 Å². The van der Waals surface area contributed by atoms with Gasteiger partial charge >= 0.3 is 0 Å². The summed E-state index contributed by atoms with van der Waals surface area (Å²) in [4.78, 5) is 74.5. The van der Waals surface area contributed by atoms with Crippen LogP contribution in [0.15, 0.2) is 84.8 Å². The van der Waals surface area contributed by atoms with Gasteiger partial charge in [0, 0.05) is 82.4 Å². The number of anilines is 1. The molecule has 0 unspecified atom stereocenters. The van der Waals surface area contributed by atoms with Crippen LogP contribution in [0.5, 0.6) is 0 Å². The molecule has 1 saturated carbocycles. The van der Waals surface area contributed by atoms with Crippen molar-refractivity contribution in [1.29, 1.82) is 0 Å². The van der Waals surface area contributed by atoms with Crippen molar-refractivity contribution in [3.05, 3.63) is 124 Å². The Balaban J connectivity index is 1.04. The topological polar surface area (TPSA) is 155 Å². The van der Waals surface area contributed by atoms with E-state index in [1.165, 1.54) is 60.4 Å². The van der Waals surface area contributed by atoms with E-state index in [4.69, 9.17) is 11.6 Å². The number of ketones is 1. The third-order valence-electron chi connectivity index (χ3n) is 10.5. The fourth-order valence-corrected chi connectivity index (χ4v) is 7.76. The number of rotatable bonds is 9. The third-order valence-corrected chi connectivity index (χ3v) is 10.9. The Bertz CT molecular complexity index is 2550. The first-order chi connectivity index (χ1) is 26.8. The number of carbonyl (C=O) groups is 5. The lowest BCUT2D eigenvalue weighted by Crippen LogP contribution is -2.44. The first kappa shape index (κ1) is 36.6. The van der Waals surface area contributed by atoms with Gasteiger partial charge in [-0.2, -0.15) is 8.78 Å². The largest absolute Gasteiger partial charge is 0.348 e. The van der Waals surface area contributed by atoms with E-state index in [2.05, 4.69) is 25.9 Å². The van der Waals surface area contributed by atoms with Crippen LogP contribution in [0.4, 0.5) is 18.9 Å². The second-order valence-corrected chi connectivity index (χ2v) is 14.3. The molecule has 3 N–H and O–H groups in total. The number of carbonyl (C=O) groups excluding carboxylic acids is 5. The predicted molar refractivity (Wildman–Crippen MR) is 198 cm³/mol. The molecule has 4 heterocycles. The zero-order chi connectivity index (χ0) is 39.5. The first-order valence-electron chi connectivity index (χ1n) is 17.6. The summed E-state index contributed by atoms with van der Waals surface area (Å²) < 4.78 is 45.5. The first-order valence-corrected chi connectivity index (χ1v) is 18.0. The lowest BCUT2D eigenvalue weighted by Gasteiger charge is -2.24. The van der Waals surface area contributed by atoms with Gasteiger partial charge in [-0.3, -0.25) is 24.0 Å². The highest BCUT2D eigenvalue weighted by atomic mass is 35.5. The van der Waals surface area contributed by atoms with E-state index >= 15 is 4.39 Å². The van der Waals surface area contributed by atoms with Gasteiger partial charge in [0.1, 0.15) is 12.6 Å². The number of hydrogen-bond acceptors (Lipinski definition) is 7. The Morgan fingerprint density at radius 2 is 1.75 bits per heavy atom. The Morgan fingerprint density at radius 3 is 2.46 bits per heavy atom. The van der Waals surface area contributed by atoms with Crippen molar-refractivity contribution in [2.24, 2.45) is 0 Å². The average Bonchev–Trinajstić information content (AvgIpc) is 3.48. The van der Waals surface area contributed by atoms with Crippen LogP contribution in [0, 0.1) is 5.82 Å². The maximum atomic E-state index is 16.0. The van der Waals surface area contributed by atoms with Crippen molar-refractivity contribution in [3.8, 4) is 11.1 Å². The molecule has 4 amide bonds. The normalized spacial score (nSPS) is 16.7. The quantitative estimate of drug-likeness (QED) is 0.152. The van der Waals surface area contributed by atoms with Crippen LogP contribution < -0.4 is 16.0 Å². The van der Waals surface area contributed by atoms with Crippen molar-refractivity contribution in [3.63, 3.8) is 0 Å². The van der Waals surface area contributed by atoms with Crippen molar-refractivity contribution < 1.29 is 37.1 Å². The molecule has 284 valence electrons. The number of nitrogens with one attached hydrogen (secondary N) is 3. The monoisotopic (exact) mass is 781 g/mol. The van der Waals surface area contributed by atoms with Gasteiger partial charge in [0.05, 0.1) is 16.2 Å². The highest BCUT2D eigenvalue weighted by Gasteiger charge is 2.46. The minimum Gasteiger partial charge on any atom is -0.348 e. The van der Waals surface area contributed by atoms with E-state index < -0.39 is 66.3 Å². The van der Waals surface area contributed by atoms with Crippen molar-refractivity contribution in [2.45, 2.75) is 50.9 Å². The molecule has 0 spiro atoms. The zero-order valence-electron chi connectivity index (χ0n) is 29.6. The number of amides is 4. The lowest BCUT2D eigenvalue weighted by molar-refractivity contribution is -0.137. The minimum absolute atomic E-state index is 0.0180. The van der Waals surface area contributed by atoms with Gasteiger partial charge < -0.3 is 25.4 Å². The molecule has 1 atom stereocenters. The molecule has 0 radical (unpaired) electrons. The molecule has 3 aromatic carbocycles. The predicted octanol–water partition coefficient (Wildman–Crippen LogP) is 6.15. The van der Waals surface area contributed by atoms with Crippen LogP contribution >= 0.6 is 11.6 Å². The summed E-state index contributed by atoms with van der Waals surface area (Å²) >= 11 is 6.57. The zero-order valence-corrected chi connectivity index (χ0v) is 30.3. The number of halogens is 4. The molecule has 8 rings (SSSR count). The summed E-state index contributed by atoms with van der Waals surface area (Å²) in [7, 11) is 0. The van der Waals surface area contributed by atoms with Crippen LogP contribution in [-0.2, 0) is 28.2 Å². The highest BCUT2D eigenvalue weighted by molar-refractivity contribution is 6.35. The summed E-state index contributed by atoms with van der Waals surface area (Å²) in [6.45, 7) is 0.615. The third kappa shape index (κ3) is 6.46. The van der Waals surface area contributed by atoms with Crippen LogP contribution in [0.3, 0.4) is 0 Å². The molecule has 2 fully saturated rings. The van der Waals surface area contributed by atoms with E-state index in [0.29, 0.717) is 40.4 Å². The molecule has 1 saturated heterocycles. The van der Waals surface area contributed by atoms with Crippen molar-refractivity contribution >= 4 is 57.6 Å². The number of aromatic nitrogens is 3. The van der Waals surface area contributed by atoms with E-state index in [1.54, 1.807) is 24.3 Å². The summed E-state index contributed by atoms with van der Waals surface area (Å²) in [6.07, 6.45) is 3.21. The molecular weight excluding hydrogens is 751 g/mol. The number of benzene rings is 3. The second-order valence-electron chi connectivity index (χ2n) is 14.0. The van der Waals surface area contributed by atoms with Crippen molar-refractivity contribution in [1.82, 2.24) is 30.1 Å². The molecule has 12 nitrogen and oxygen atoms in total. The molecule has 1 aliphatic carbocycles. The molecule has 3 aliphatic rings.